The molecule has 8 nitrogen and oxygen atoms in total. The molecular formula is C56H108N2O6P+. The predicted octanol–water partition coefficient (Wildman–Crippen LogP) is 16.4. The van der Waals surface area contributed by atoms with E-state index in [1.54, 1.807) is 0 Å². The standard InChI is InChI=1S/C56H107N2O6P/c1-6-8-10-12-14-16-18-20-21-22-23-24-25-26-27-28-29-30-31-32-33-34-35-36-38-39-41-43-45-47-49-55(59)54(53-64-65(61,62)63-52-51-58(3,4)5)57-56(60)50-48-46-44-42-40-37-19-17-15-13-11-9-7-2/h9,11,15,17,37,40,44,46,54-55,59H,6-8,10,12-14,16,18-36,38-39,41-43,45,47-53H2,1-5H3,(H-,57,60,61,62)/p+1/b11-9-,17-15-,40-37-,46-44-. The van der Waals surface area contributed by atoms with Crippen LogP contribution in [0.25, 0.3) is 0 Å². The molecule has 0 spiro atoms. The largest absolute Gasteiger partial charge is 0.472 e. The molecule has 0 aliphatic rings. The smallest absolute Gasteiger partial charge is 0.391 e. The van der Waals surface area contributed by atoms with Gasteiger partial charge in [0.25, 0.3) is 0 Å². The Balaban J connectivity index is 4.09. The zero-order valence-corrected chi connectivity index (χ0v) is 44.4. The van der Waals surface area contributed by atoms with E-state index >= 15 is 0 Å². The molecule has 0 saturated carbocycles. The van der Waals surface area contributed by atoms with Crippen molar-refractivity contribution in [2.24, 2.45) is 0 Å². The highest BCUT2D eigenvalue weighted by Gasteiger charge is 2.28. The molecule has 0 fully saturated rings. The van der Waals surface area contributed by atoms with E-state index in [1.807, 2.05) is 33.3 Å². The topological polar surface area (TPSA) is 105 Å². The van der Waals surface area contributed by atoms with E-state index in [4.69, 9.17) is 9.05 Å². The molecule has 0 saturated heterocycles. The molecule has 0 aromatic heterocycles. The van der Waals surface area contributed by atoms with Crippen LogP contribution in [0.15, 0.2) is 48.6 Å². The second-order valence-corrected chi connectivity index (χ2v) is 21.4. The number of phosphoric acid groups is 1. The van der Waals surface area contributed by atoms with Gasteiger partial charge in [0.2, 0.25) is 5.91 Å². The number of aliphatic hydroxyl groups excluding tert-OH is 1. The third-order valence-corrected chi connectivity index (χ3v) is 13.3. The molecule has 0 aromatic carbocycles. The Morgan fingerprint density at radius 3 is 1.26 bits per heavy atom. The molecule has 65 heavy (non-hydrogen) atoms. The van der Waals surface area contributed by atoms with E-state index < -0.39 is 20.0 Å². The number of unbranched alkanes of at least 4 members (excludes halogenated alkanes) is 29. The normalized spacial score (nSPS) is 14.4. The van der Waals surface area contributed by atoms with E-state index in [1.165, 1.54) is 173 Å². The van der Waals surface area contributed by atoms with Crippen molar-refractivity contribution in [3.63, 3.8) is 0 Å². The number of aliphatic hydroxyl groups is 1. The van der Waals surface area contributed by atoms with Gasteiger partial charge in [-0.3, -0.25) is 13.8 Å². The molecular weight excluding hydrogens is 828 g/mol. The molecule has 3 unspecified atom stereocenters. The molecule has 0 aliphatic heterocycles. The van der Waals surface area contributed by atoms with Gasteiger partial charge in [0, 0.05) is 6.42 Å². The van der Waals surface area contributed by atoms with E-state index in [0.717, 1.165) is 44.9 Å². The van der Waals surface area contributed by atoms with Crippen LogP contribution in [0.3, 0.4) is 0 Å². The van der Waals surface area contributed by atoms with Gasteiger partial charge in [-0.2, -0.15) is 0 Å². The van der Waals surface area contributed by atoms with Crippen LogP contribution in [0, 0.1) is 0 Å². The number of carbonyl (C=O) groups excluding carboxylic acids is 1. The lowest BCUT2D eigenvalue weighted by atomic mass is 10.0. The summed E-state index contributed by atoms with van der Waals surface area (Å²) in [6, 6.07) is -0.800. The number of amides is 1. The quantitative estimate of drug-likeness (QED) is 0.0243. The summed E-state index contributed by atoms with van der Waals surface area (Å²) in [5, 5.41) is 14.0. The van der Waals surface area contributed by atoms with E-state index in [-0.39, 0.29) is 25.5 Å². The van der Waals surface area contributed by atoms with Gasteiger partial charge in [0.1, 0.15) is 13.2 Å². The number of allylic oxidation sites excluding steroid dienone is 8. The van der Waals surface area contributed by atoms with Gasteiger partial charge in [-0.15, -0.1) is 0 Å². The second kappa shape index (κ2) is 47.5. The first-order chi connectivity index (χ1) is 31.5. The summed E-state index contributed by atoms with van der Waals surface area (Å²) >= 11 is 0. The first kappa shape index (κ1) is 63.5. The Labute approximate surface area is 403 Å². The van der Waals surface area contributed by atoms with Crippen LogP contribution >= 0.6 is 7.82 Å². The average Bonchev–Trinajstić information content (AvgIpc) is 3.26. The fraction of sp³-hybridized carbons (Fsp3) is 0.839. The summed E-state index contributed by atoms with van der Waals surface area (Å²) in [4.78, 5) is 23.2. The number of nitrogens with zero attached hydrogens (tertiary/aromatic N) is 1. The Hall–Kier alpha value is -1.54. The number of hydrogen-bond donors (Lipinski definition) is 3. The number of nitrogens with one attached hydrogen (secondary N) is 1. The number of carbonyl (C=O) groups is 1. The van der Waals surface area contributed by atoms with Gasteiger partial charge >= 0.3 is 7.82 Å². The molecule has 1 amide bonds. The second-order valence-electron chi connectivity index (χ2n) is 19.9. The third kappa shape index (κ3) is 50.2. The Kier molecular flexibility index (Phi) is 46.4. The summed E-state index contributed by atoms with van der Waals surface area (Å²) in [6.07, 6.45) is 62.1. The maximum absolute atomic E-state index is 12.9. The maximum Gasteiger partial charge on any atom is 0.472 e. The van der Waals surface area contributed by atoms with Crippen molar-refractivity contribution in [3.05, 3.63) is 48.6 Å². The summed E-state index contributed by atoms with van der Waals surface area (Å²) < 4.78 is 23.7. The number of hydrogen-bond acceptors (Lipinski definition) is 5. The molecule has 0 aromatic rings. The van der Waals surface area contributed by atoms with E-state index in [9.17, 15) is 19.4 Å². The van der Waals surface area contributed by atoms with Crippen molar-refractivity contribution in [2.75, 3.05) is 40.9 Å². The van der Waals surface area contributed by atoms with Crippen LogP contribution in [-0.2, 0) is 18.4 Å². The minimum Gasteiger partial charge on any atom is -0.391 e. The molecule has 0 rings (SSSR count). The fourth-order valence-corrected chi connectivity index (χ4v) is 8.80. The van der Waals surface area contributed by atoms with Crippen molar-refractivity contribution < 1.29 is 32.9 Å². The maximum atomic E-state index is 12.9. The molecule has 0 aliphatic carbocycles. The number of phosphoric ester groups is 1. The lowest BCUT2D eigenvalue weighted by molar-refractivity contribution is -0.870. The Morgan fingerprint density at radius 1 is 0.538 bits per heavy atom. The molecule has 3 N–H and O–H groups in total. The summed E-state index contributed by atoms with van der Waals surface area (Å²) in [5.41, 5.74) is 0. The predicted molar refractivity (Wildman–Crippen MR) is 281 cm³/mol. The SMILES string of the molecule is CC/C=C\C/C=C\C/C=C\C/C=C\CCC(=O)NC(COP(=O)(O)OCC[N+](C)(C)C)C(O)CCCCCCCCCCCCCCCCCCCCCCCCCCCCCCCC. The van der Waals surface area contributed by atoms with Crippen molar-refractivity contribution in [3.8, 4) is 0 Å². The van der Waals surface area contributed by atoms with Crippen molar-refractivity contribution in [2.45, 2.75) is 264 Å². The fourth-order valence-electron chi connectivity index (χ4n) is 8.06. The van der Waals surface area contributed by atoms with Gasteiger partial charge in [0.05, 0.1) is 39.9 Å². The highest BCUT2D eigenvalue weighted by Crippen LogP contribution is 2.43. The number of rotatable bonds is 50. The number of quaternary nitrogens is 1. The zero-order chi connectivity index (χ0) is 47.8. The summed E-state index contributed by atoms with van der Waals surface area (Å²) in [6.45, 7) is 4.73. The molecule has 0 radical (unpaired) electrons. The lowest BCUT2D eigenvalue weighted by Crippen LogP contribution is -2.46. The van der Waals surface area contributed by atoms with Crippen LogP contribution < -0.4 is 5.32 Å². The molecule has 9 heteroatoms. The van der Waals surface area contributed by atoms with Crippen LogP contribution in [0.4, 0.5) is 0 Å². The molecule has 0 heterocycles. The monoisotopic (exact) mass is 936 g/mol. The number of likely N-dealkylation sites (N-methyl/N-ethyl adjacent to an activating group) is 1. The zero-order valence-electron chi connectivity index (χ0n) is 43.5. The van der Waals surface area contributed by atoms with Crippen LogP contribution in [0.2, 0.25) is 0 Å². The van der Waals surface area contributed by atoms with Crippen LogP contribution in [0.5, 0.6) is 0 Å². The first-order valence-electron chi connectivity index (χ1n) is 27.5. The minimum absolute atomic E-state index is 0.0609. The van der Waals surface area contributed by atoms with E-state index in [0.29, 0.717) is 23.9 Å². The van der Waals surface area contributed by atoms with E-state index in [2.05, 4.69) is 55.6 Å². The minimum atomic E-state index is -4.34. The summed E-state index contributed by atoms with van der Waals surface area (Å²) in [7, 11) is 1.57. The average molecular weight is 936 g/mol. The van der Waals surface area contributed by atoms with Crippen molar-refractivity contribution >= 4 is 13.7 Å². The van der Waals surface area contributed by atoms with Crippen molar-refractivity contribution in [1.29, 1.82) is 0 Å². The lowest BCUT2D eigenvalue weighted by Gasteiger charge is -2.26. The Morgan fingerprint density at radius 2 is 0.892 bits per heavy atom. The highest BCUT2D eigenvalue weighted by molar-refractivity contribution is 7.47. The van der Waals surface area contributed by atoms with Crippen LogP contribution in [0.1, 0.15) is 251 Å². The third-order valence-electron chi connectivity index (χ3n) is 12.4. The van der Waals surface area contributed by atoms with Gasteiger partial charge in [-0.1, -0.05) is 255 Å². The molecule has 3 atom stereocenters. The first-order valence-corrected chi connectivity index (χ1v) is 29.0. The molecule has 0 bridgehead atoms. The highest BCUT2D eigenvalue weighted by atomic mass is 31.2. The Bertz CT molecular complexity index is 1200. The van der Waals surface area contributed by atoms with Gasteiger partial charge in [-0.25, -0.2) is 4.57 Å². The van der Waals surface area contributed by atoms with Crippen LogP contribution in [-0.4, -0.2) is 73.4 Å². The van der Waals surface area contributed by atoms with Gasteiger partial charge in [0.15, 0.2) is 0 Å². The summed E-state index contributed by atoms with van der Waals surface area (Å²) in [5.74, 6) is -0.223. The van der Waals surface area contributed by atoms with Gasteiger partial charge < -0.3 is 19.8 Å². The molecule has 382 valence electrons. The van der Waals surface area contributed by atoms with Gasteiger partial charge in [-0.05, 0) is 38.5 Å². The van der Waals surface area contributed by atoms with Crippen molar-refractivity contribution in [1.82, 2.24) is 5.32 Å².